The summed E-state index contributed by atoms with van der Waals surface area (Å²) in [4.78, 5) is 18.1. The Hall–Kier alpha value is -1.52. The second-order valence-corrected chi connectivity index (χ2v) is 4.09. The average molecular weight is 197 g/mol. The number of rotatable bonds is 1. The number of nitrogens with two attached hydrogens (primary N) is 1. The maximum Gasteiger partial charge on any atom is 0.358 e. The van der Waals surface area contributed by atoms with Gasteiger partial charge < -0.3 is 15.5 Å². The number of carbonyl (C=O) groups excluding carboxylic acids is 1. The molecular weight excluding hydrogens is 182 g/mol. The van der Waals surface area contributed by atoms with Gasteiger partial charge in [-0.05, 0) is 0 Å². The number of methoxy groups -OCH3 is 1. The van der Waals surface area contributed by atoms with E-state index in [1.807, 2.05) is 20.8 Å². The third kappa shape index (κ3) is 1.86. The molecule has 1 rings (SSSR count). The number of carbonyl (C=O) groups is 1. The number of ether oxygens (including phenoxy) is 1. The molecule has 3 N–H and O–H groups in total. The summed E-state index contributed by atoms with van der Waals surface area (Å²) in [5, 5.41) is 0. The number of hydrogen-bond donors (Lipinski definition) is 2. The Labute approximate surface area is 82.7 Å². The molecule has 0 aliphatic heterocycles. The fourth-order valence-corrected chi connectivity index (χ4v) is 1.000. The monoisotopic (exact) mass is 197 g/mol. The van der Waals surface area contributed by atoms with Crippen molar-refractivity contribution in [2.75, 3.05) is 12.8 Å². The smallest absolute Gasteiger partial charge is 0.358 e. The molecule has 78 valence electrons. The van der Waals surface area contributed by atoms with Crippen LogP contribution in [-0.2, 0) is 10.2 Å². The SMILES string of the molecule is COC(=O)c1[nH]c(C(C)(C)C)nc1N. The van der Waals surface area contributed by atoms with Crippen LogP contribution in [0.2, 0.25) is 0 Å². The molecule has 0 bridgehead atoms. The molecule has 14 heavy (non-hydrogen) atoms. The molecule has 0 unspecified atom stereocenters. The van der Waals surface area contributed by atoms with E-state index in [0.717, 1.165) is 0 Å². The molecule has 0 saturated carbocycles. The lowest BCUT2D eigenvalue weighted by Crippen LogP contribution is -2.13. The third-order valence-electron chi connectivity index (χ3n) is 1.83. The number of H-pyrrole nitrogens is 1. The Morgan fingerprint density at radius 3 is 2.43 bits per heavy atom. The number of nitrogen functional groups attached to an aromatic ring is 1. The average Bonchev–Trinajstić information content (AvgIpc) is 2.45. The fourth-order valence-electron chi connectivity index (χ4n) is 1.000. The summed E-state index contributed by atoms with van der Waals surface area (Å²) in [5.74, 6) is 0.364. The summed E-state index contributed by atoms with van der Waals surface area (Å²) < 4.78 is 4.55. The zero-order valence-electron chi connectivity index (χ0n) is 8.84. The molecule has 0 amide bonds. The highest BCUT2D eigenvalue weighted by Gasteiger charge is 2.22. The molecule has 0 radical (unpaired) electrons. The lowest BCUT2D eigenvalue weighted by Gasteiger charge is -2.13. The topological polar surface area (TPSA) is 81.0 Å². The lowest BCUT2D eigenvalue weighted by atomic mass is 9.96. The number of hydrogen-bond acceptors (Lipinski definition) is 4. The van der Waals surface area contributed by atoms with Gasteiger partial charge in [-0.1, -0.05) is 20.8 Å². The summed E-state index contributed by atoms with van der Waals surface area (Å²) in [6.07, 6.45) is 0. The summed E-state index contributed by atoms with van der Waals surface area (Å²) in [6, 6.07) is 0. The summed E-state index contributed by atoms with van der Waals surface area (Å²) in [5.41, 5.74) is 5.62. The van der Waals surface area contributed by atoms with Gasteiger partial charge in [0, 0.05) is 5.41 Å². The van der Waals surface area contributed by atoms with Gasteiger partial charge in [-0.2, -0.15) is 0 Å². The Kier molecular flexibility index (Phi) is 2.51. The quantitative estimate of drug-likeness (QED) is 0.660. The van der Waals surface area contributed by atoms with E-state index in [1.165, 1.54) is 7.11 Å². The molecule has 0 saturated heterocycles. The maximum absolute atomic E-state index is 11.2. The Morgan fingerprint density at radius 1 is 1.50 bits per heavy atom. The standard InChI is InChI=1S/C9H15N3O2/c1-9(2,3)8-11-5(6(10)12-8)7(13)14-4/h10H2,1-4H3,(H,11,12). The first-order chi connectivity index (χ1) is 6.36. The zero-order chi connectivity index (χ0) is 10.9. The fraction of sp³-hybridized carbons (Fsp3) is 0.556. The number of anilines is 1. The Balaban J connectivity index is 3.12. The van der Waals surface area contributed by atoms with E-state index >= 15 is 0 Å². The number of aromatic amines is 1. The number of esters is 1. The van der Waals surface area contributed by atoms with E-state index in [9.17, 15) is 4.79 Å². The summed E-state index contributed by atoms with van der Waals surface area (Å²) in [6.45, 7) is 5.94. The number of nitrogens with zero attached hydrogens (tertiary/aromatic N) is 1. The van der Waals surface area contributed by atoms with Gasteiger partial charge in [-0.15, -0.1) is 0 Å². The molecule has 0 aliphatic carbocycles. The Morgan fingerprint density at radius 2 is 2.07 bits per heavy atom. The van der Waals surface area contributed by atoms with Gasteiger partial charge in [0.1, 0.15) is 5.82 Å². The van der Waals surface area contributed by atoms with Crippen molar-refractivity contribution in [3.05, 3.63) is 11.5 Å². The van der Waals surface area contributed by atoms with E-state index < -0.39 is 5.97 Å². The van der Waals surface area contributed by atoms with E-state index in [0.29, 0.717) is 5.82 Å². The van der Waals surface area contributed by atoms with Crippen molar-refractivity contribution in [1.29, 1.82) is 0 Å². The number of nitrogens with one attached hydrogen (secondary N) is 1. The molecule has 1 aromatic heterocycles. The second kappa shape index (κ2) is 3.32. The van der Waals surface area contributed by atoms with Gasteiger partial charge >= 0.3 is 5.97 Å². The van der Waals surface area contributed by atoms with Gasteiger partial charge in [0.15, 0.2) is 11.5 Å². The predicted molar refractivity (Wildman–Crippen MR) is 53.0 cm³/mol. The highest BCUT2D eigenvalue weighted by atomic mass is 16.5. The lowest BCUT2D eigenvalue weighted by molar-refractivity contribution is 0.0595. The van der Waals surface area contributed by atoms with Gasteiger partial charge in [0.05, 0.1) is 7.11 Å². The minimum absolute atomic E-state index is 0.166. The third-order valence-corrected chi connectivity index (χ3v) is 1.83. The van der Waals surface area contributed by atoms with Crippen LogP contribution in [0.25, 0.3) is 0 Å². The van der Waals surface area contributed by atoms with Crippen LogP contribution in [-0.4, -0.2) is 23.0 Å². The molecule has 1 aromatic rings. The van der Waals surface area contributed by atoms with Crippen LogP contribution in [0.3, 0.4) is 0 Å². The van der Waals surface area contributed by atoms with Crippen LogP contribution in [0.1, 0.15) is 37.1 Å². The van der Waals surface area contributed by atoms with E-state index in [2.05, 4.69) is 14.7 Å². The second-order valence-electron chi connectivity index (χ2n) is 4.09. The largest absolute Gasteiger partial charge is 0.464 e. The number of aromatic nitrogens is 2. The zero-order valence-corrected chi connectivity index (χ0v) is 8.84. The van der Waals surface area contributed by atoms with Crippen molar-refractivity contribution in [2.24, 2.45) is 0 Å². The van der Waals surface area contributed by atoms with Gasteiger partial charge in [0.2, 0.25) is 0 Å². The minimum atomic E-state index is -0.495. The molecular formula is C9H15N3O2. The molecule has 5 heteroatoms. The molecule has 1 heterocycles. The summed E-state index contributed by atoms with van der Waals surface area (Å²) in [7, 11) is 1.30. The van der Waals surface area contributed by atoms with Crippen LogP contribution in [0.4, 0.5) is 5.82 Å². The van der Waals surface area contributed by atoms with Crippen molar-refractivity contribution in [3.8, 4) is 0 Å². The highest BCUT2D eigenvalue weighted by molar-refractivity contribution is 5.92. The van der Waals surface area contributed by atoms with Gasteiger partial charge in [0.25, 0.3) is 0 Å². The van der Waals surface area contributed by atoms with Gasteiger partial charge in [-0.25, -0.2) is 9.78 Å². The first kappa shape index (κ1) is 10.6. The van der Waals surface area contributed by atoms with Crippen LogP contribution >= 0.6 is 0 Å². The van der Waals surface area contributed by atoms with Crippen LogP contribution in [0, 0.1) is 0 Å². The molecule has 0 fully saturated rings. The summed E-state index contributed by atoms with van der Waals surface area (Å²) >= 11 is 0. The van der Waals surface area contributed by atoms with Crippen molar-refractivity contribution in [1.82, 2.24) is 9.97 Å². The first-order valence-electron chi connectivity index (χ1n) is 4.30. The Bertz CT molecular complexity index is 349. The first-order valence-corrected chi connectivity index (χ1v) is 4.30. The molecule has 0 spiro atoms. The van der Waals surface area contributed by atoms with Crippen LogP contribution in [0.5, 0.6) is 0 Å². The van der Waals surface area contributed by atoms with Gasteiger partial charge in [-0.3, -0.25) is 0 Å². The van der Waals surface area contributed by atoms with Crippen molar-refractivity contribution < 1.29 is 9.53 Å². The molecule has 5 nitrogen and oxygen atoms in total. The molecule has 0 aromatic carbocycles. The van der Waals surface area contributed by atoms with Crippen LogP contribution < -0.4 is 5.73 Å². The van der Waals surface area contributed by atoms with Crippen molar-refractivity contribution in [2.45, 2.75) is 26.2 Å². The minimum Gasteiger partial charge on any atom is -0.464 e. The van der Waals surface area contributed by atoms with Crippen molar-refractivity contribution in [3.63, 3.8) is 0 Å². The molecule has 0 atom stereocenters. The van der Waals surface area contributed by atoms with Crippen LogP contribution in [0.15, 0.2) is 0 Å². The highest BCUT2D eigenvalue weighted by Crippen LogP contribution is 2.21. The predicted octanol–water partition coefficient (Wildman–Crippen LogP) is 1.08. The normalized spacial score (nSPS) is 11.4. The van der Waals surface area contributed by atoms with Crippen molar-refractivity contribution >= 4 is 11.8 Å². The number of imidazole rings is 1. The molecule has 0 aliphatic rings. The maximum atomic E-state index is 11.2. The van der Waals surface area contributed by atoms with E-state index in [4.69, 9.17) is 5.73 Å². The van der Waals surface area contributed by atoms with E-state index in [1.54, 1.807) is 0 Å². The van der Waals surface area contributed by atoms with E-state index in [-0.39, 0.29) is 16.9 Å².